The molecular formula is C13H14F2O3. The van der Waals surface area contributed by atoms with Gasteiger partial charge >= 0.3 is 0 Å². The molecule has 0 amide bonds. The minimum absolute atomic E-state index is 0.0503. The maximum Gasteiger partial charge on any atom is 0.274 e. The molecule has 0 unspecified atom stereocenters. The molecule has 1 aromatic rings. The third-order valence-corrected chi connectivity index (χ3v) is 2.73. The summed E-state index contributed by atoms with van der Waals surface area (Å²) in [7, 11) is 1.53. The van der Waals surface area contributed by atoms with E-state index in [2.05, 4.69) is 0 Å². The molecule has 18 heavy (non-hydrogen) atoms. The molecule has 0 spiro atoms. The number of ether oxygens (including phenoxy) is 3. The summed E-state index contributed by atoms with van der Waals surface area (Å²) >= 11 is 0. The van der Waals surface area contributed by atoms with E-state index in [0.717, 1.165) is 0 Å². The third kappa shape index (κ3) is 3.05. The average molecular weight is 256 g/mol. The van der Waals surface area contributed by atoms with Crippen molar-refractivity contribution in [2.45, 2.75) is 12.7 Å². The highest BCUT2D eigenvalue weighted by atomic mass is 19.3. The lowest BCUT2D eigenvalue weighted by atomic mass is 10.0. The van der Waals surface area contributed by atoms with Crippen molar-refractivity contribution in [1.29, 1.82) is 0 Å². The van der Waals surface area contributed by atoms with E-state index in [1.165, 1.54) is 7.11 Å². The largest absolute Gasteiger partial charge is 0.497 e. The highest BCUT2D eigenvalue weighted by molar-refractivity contribution is 5.67. The van der Waals surface area contributed by atoms with Crippen LogP contribution in [0.4, 0.5) is 8.78 Å². The van der Waals surface area contributed by atoms with Crippen molar-refractivity contribution < 1.29 is 23.0 Å². The third-order valence-electron chi connectivity index (χ3n) is 2.73. The van der Waals surface area contributed by atoms with Gasteiger partial charge in [0.2, 0.25) is 0 Å². The van der Waals surface area contributed by atoms with Gasteiger partial charge in [-0.25, -0.2) is 0 Å². The predicted octanol–water partition coefficient (Wildman–Crippen LogP) is 3.07. The van der Waals surface area contributed by atoms with E-state index in [-0.39, 0.29) is 12.0 Å². The van der Waals surface area contributed by atoms with Crippen molar-refractivity contribution in [2.75, 3.05) is 20.3 Å². The van der Waals surface area contributed by atoms with Crippen LogP contribution in [0.3, 0.4) is 0 Å². The van der Waals surface area contributed by atoms with Gasteiger partial charge in [0, 0.05) is 12.0 Å². The zero-order valence-electron chi connectivity index (χ0n) is 9.99. The highest BCUT2D eigenvalue weighted by Crippen LogP contribution is 2.29. The van der Waals surface area contributed by atoms with Gasteiger partial charge in [-0.05, 0) is 17.7 Å². The topological polar surface area (TPSA) is 27.7 Å². The summed E-state index contributed by atoms with van der Waals surface area (Å²) in [6.45, 7) is 0.906. The number of rotatable bonds is 4. The van der Waals surface area contributed by atoms with Gasteiger partial charge in [0.05, 0.1) is 20.3 Å². The number of halogens is 2. The molecule has 1 heterocycles. The van der Waals surface area contributed by atoms with Crippen LogP contribution in [-0.4, -0.2) is 26.6 Å². The van der Waals surface area contributed by atoms with Crippen LogP contribution in [0.2, 0.25) is 0 Å². The van der Waals surface area contributed by atoms with Crippen molar-refractivity contribution in [3.8, 4) is 5.75 Å². The Morgan fingerprint density at radius 1 is 1.22 bits per heavy atom. The summed E-state index contributed by atoms with van der Waals surface area (Å²) in [5.74, 6) is 0.630. The summed E-state index contributed by atoms with van der Waals surface area (Å²) in [4.78, 5) is 0. The molecule has 98 valence electrons. The summed E-state index contributed by atoms with van der Waals surface area (Å²) in [6.07, 6.45) is -2.24. The smallest absolute Gasteiger partial charge is 0.274 e. The molecule has 0 bridgehead atoms. The van der Waals surface area contributed by atoms with E-state index in [9.17, 15) is 8.78 Å². The molecule has 0 atom stereocenters. The first-order valence-electron chi connectivity index (χ1n) is 5.62. The minimum atomic E-state index is -1.71. The zero-order valence-corrected chi connectivity index (χ0v) is 9.99. The maximum atomic E-state index is 13.0. The fourth-order valence-corrected chi connectivity index (χ4v) is 1.79. The van der Waals surface area contributed by atoms with Crippen molar-refractivity contribution in [3.05, 3.63) is 35.9 Å². The highest BCUT2D eigenvalue weighted by Gasteiger charge is 2.21. The first-order valence-corrected chi connectivity index (χ1v) is 5.62. The second-order valence-corrected chi connectivity index (χ2v) is 3.84. The lowest BCUT2D eigenvalue weighted by molar-refractivity contribution is -0.0367. The molecule has 1 aliphatic rings. The SMILES string of the molecule is COc1ccc(C(CC2OCCO2)=C(F)F)cc1. The molecule has 1 fully saturated rings. The molecule has 1 aromatic carbocycles. The Bertz CT molecular complexity index is 418. The quantitative estimate of drug-likeness (QED) is 0.828. The second-order valence-electron chi connectivity index (χ2n) is 3.84. The Hall–Kier alpha value is -1.46. The average Bonchev–Trinajstić information content (AvgIpc) is 2.89. The normalized spacial score (nSPS) is 15.7. The molecule has 0 saturated carbocycles. The van der Waals surface area contributed by atoms with Gasteiger partial charge in [-0.3, -0.25) is 0 Å². The van der Waals surface area contributed by atoms with Gasteiger partial charge in [-0.15, -0.1) is 0 Å². The van der Waals surface area contributed by atoms with E-state index in [0.29, 0.717) is 24.5 Å². The van der Waals surface area contributed by atoms with Crippen LogP contribution in [0.25, 0.3) is 5.57 Å². The van der Waals surface area contributed by atoms with Gasteiger partial charge in [-0.2, -0.15) is 8.78 Å². The van der Waals surface area contributed by atoms with Gasteiger partial charge in [0.15, 0.2) is 6.29 Å². The minimum Gasteiger partial charge on any atom is -0.497 e. The zero-order chi connectivity index (χ0) is 13.0. The van der Waals surface area contributed by atoms with Gasteiger partial charge in [0.1, 0.15) is 5.75 Å². The van der Waals surface area contributed by atoms with Gasteiger partial charge in [-0.1, -0.05) is 12.1 Å². The molecule has 1 aliphatic heterocycles. The Morgan fingerprint density at radius 3 is 2.33 bits per heavy atom. The molecule has 5 heteroatoms. The Morgan fingerprint density at radius 2 is 1.83 bits per heavy atom. The molecule has 0 radical (unpaired) electrons. The van der Waals surface area contributed by atoms with Crippen LogP contribution in [0.15, 0.2) is 30.3 Å². The summed E-state index contributed by atoms with van der Waals surface area (Å²) < 4.78 is 41.3. The summed E-state index contributed by atoms with van der Waals surface area (Å²) in [6, 6.07) is 6.49. The lowest BCUT2D eigenvalue weighted by Gasteiger charge is -2.12. The van der Waals surface area contributed by atoms with Crippen molar-refractivity contribution >= 4 is 5.57 Å². The van der Waals surface area contributed by atoms with Crippen molar-refractivity contribution in [1.82, 2.24) is 0 Å². The van der Waals surface area contributed by atoms with Crippen LogP contribution in [0, 0.1) is 0 Å². The van der Waals surface area contributed by atoms with Crippen LogP contribution >= 0.6 is 0 Å². The van der Waals surface area contributed by atoms with Crippen molar-refractivity contribution in [2.24, 2.45) is 0 Å². The predicted molar refractivity (Wildman–Crippen MR) is 62.4 cm³/mol. The molecular weight excluding hydrogens is 242 g/mol. The van der Waals surface area contributed by atoms with E-state index in [1.54, 1.807) is 24.3 Å². The maximum absolute atomic E-state index is 13.0. The molecule has 1 saturated heterocycles. The number of benzene rings is 1. The van der Waals surface area contributed by atoms with Gasteiger partial charge < -0.3 is 14.2 Å². The fraction of sp³-hybridized carbons (Fsp3) is 0.385. The number of methoxy groups -OCH3 is 1. The van der Waals surface area contributed by atoms with Crippen molar-refractivity contribution in [3.63, 3.8) is 0 Å². The summed E-state index contributed by atoms with van der Waals surface area (Å²) in [5, 5.41) is 0. The first kappa shape index (κ1) is 13.0. The lowest BCUT2D eigenvalue weighted by Crippen LogP contribution is -2.08. The molecule has 3 nitrogen and oxygen atoms in total. The summed E-state index contributed by atoms with van der Waals surface area (Å²) in [5.41, 5.74) is 0.402. The molecule has 2 rings (SSSR count). The number of hydrogen-bond acceptors (Lipinski definition) is 3. The molecule has 0 N–H and O–H groups in total. The Balaban J connectivity index is 2.16. The van der Waals surface area contributed by atoms with E-state index in [1.807, 2.05) is 0 Å². The van der Waals surface area contributed by atoms with Gasteiger partial charge in [0.25, 0.3) is 6.08 Å². The Labute approximate surface area is 104 Å². The van der Waals surface area contributed by atoms with Crippen LogP contribution in [0.1, 0.15) is 12.0 Å². The number of hydrogen-bond donors (Lipinski definition) is 0. The second kappa shape index (κ2) is 5.93. The molecule has 0 aromatic heterocycles. The fourth-order valence-electron chi connectivity index (χ4n) is 1.79. The monoisotopic (exact) mass is 256 g/mol. The first-order chi connectivity index (χ1) is 8.70. The standard InChI is InChI=1S/C13H14F2O3/c1-16-10-4-2-9(3-5-10)11(13(14)15)8-12-17-6-7-18-12/h2-5,12H,6-8H2,1H3. The van der Waals surface area contributed by atoms with E-state index in [4.69, 9.17) is 14.2 Å². The van der Waals surface area contributed by atoms with Crippen LogP contribution in [0.5, 0.6) is 5.75 Å². The van der Waals surface area contributed by atoms with E-state index >= 15 is 0 Å². The molecule has 0 aliphatic carbocycles. The van der Waals surface area contributed by atoms with Crippen LogP contribution in [-0.2, 0) is 9.47 Å². The Kier molecular flexibility index (Phi) is 4.28. The van der Waals surface area contributed by atoms with E-state index < -0.39 is 12.4 Å². The van der Waals surface area contributed by atoms with Crippen LogP contribution < -0.4 is 4.74 Å².